The topological polar surface area (TPSA) is 75.4 Å². The first kappa shape index (κ1) is 17.0. The average Bonchev–Trinajstić information content (AvgIpc) is 2.51. The SMILES string of the molecule is CN(Cc1ccc(Br)cc1)C(=O)Cc1ccc(NC(N)=O)cc1. The fraction of sp³-hybridized carbons (Fsp3) is 0.176. The van der Waals surface area contributed by atoms with Gasteiger partial charge in [-0.1, -0.05) is 40.2 Å². The molecule has 0 radical (unpaired) electrons. The van der Waals surface area contributed by atoms with Crippen LogP contribution in [0.5, 0.6) is 0 Å². The average molecular weight is 376 g/mol. The number of carbonyl (C=O) groups is 2. The summed E-state index contributed by atoms with van der Waals surface area (Å²) < 4.78 is 1.01. The maximum absolute atomic E-state index is 12.3. The van der Waals surface area contributed by atoms with E-state index in [0.29, 0.717) is 18.7 Å². The Morgan fingerprint density at radius 3 is 2.17 bits per heavy atom. The summed E-state index contributed by atoms with van der Waals surface area (Å²) in [5.41, 5.74) is 7.62. The summed E-state index contributed by atoms with van der Waals surface area (Å²) in [6.07, 6.45) is 0.309. The highest BCUT2D eigenvalue weighted by molar-refractivity contribution is 9.10. The molecule has 6 heteroatoms. The Morgan fingerprint density at radius 2 is 1.61 bits per heavy atom. The molecule has 0 atom stereocenters. The van der Waals surface area contributed by atoms with Crippen LogP contribution in [0.2, 0.25) is 0 Å². The summed E-state index contributed by atoms with van der Waals surface area (Å²) in [4.78, 5) is 24.7. The third-order valence-corrected chi connectivity index (χ3v) is 3.86. The molecule has 0 spiro atoms. The molecule has 120 valence electrons. The standard InChI is InChI=1S/C17H18BrN3O2/c1-21(11-13-2-6-14(18)7-3-13)16(22)10-12-4-8-15(9-5-12)20-17(19)23/h2-9H,10-11H2,1H3,(H3,19,20,23). The van der Waals surface area contributed by atoms with Gasteiger partial charge in [-0.15, -0.1) is 0 Å². The highest BCUT2D eigenvalue weighted by atomic mass is 79.9. The summed E-state index contributed by atoms with van der Waals surface area (Å²) >= 11 is 3.39. The lowest BCUT2D eigenvalue weighted by molar-refractivity contribution is -0.129. The number of rotatable bonds is 5. The molecule has 2 aromatic carbocycles. The number of carbonyl (C=O) groups excluding carboxylic acids is 2. The summed E-state index contributed by atoms with van der Waals surface area (Å²) in [7, 11) is 1.79. The second-order valence-electron chi connectivity index (χ2n) is 5.24. The molecule has 3 amide bonds. The fourth-order valence-corrected chi connectivity index (χ4v) is 2.37. The zero-order chi connectivity index (χ0) is 16.8. The number of nitrogens with one attached hydrogen (secondary N) is 1. The van der Waals surface area contributed by atoms with Crippen molar-refractivity contribution in [3.63, 3.8) is 0 Å². The van der Waals surface area contributed by atoms with Gasteiger partial charge in [0.25, 0.3) is 0 Å². The van der Waals surface area contributed by atoms with Crippen molar-refractivity contribution in [2.75, 3.05) is 12.4 Å². The summed E-state index contributed by atoms with van der Waals surface area (Å²) in [5.74, 6) is 0.0310. The van der Waals surface area contributed by atoms with Crippen molar-refractivity contribution in [2.24, 2.45) is 5.73 Å². The van der Waals surface area contributed by atoms with E-state index in [4.69, 9.17) is 5.73 Å². The number of primary amides is 1. The number of anilines is 1. The first-order chi connectivity index (χ1) is 10.9. The highest BCUT2D eigenvalue weighted by Crippen LogP contribution is 2.13. The predicted molar refractivity (Wildman–Crippen MR) is 94.0 cm³/mol. The van der Waals surface area contributed by atoms with E-state index >= 15 is 0 Å². The van der Waals surface area contributed by atoms with E-state index in [-0.39, 0.29) is 5.91 Å². The van der Waals surface area contributed by atoms with E-state index < -0.39 is 6.03 Å². The Kier molecular flexibility index (Phi) is 5.76. The predicted octanol–water partition coefficient (Wildman–Crippen LogP) is 3.14. The minimum atomic E-state index is -0.608. The molecule has 0 heterocycles. The van der Waals surface area contributed by atoms with E-state index in [9.17, 15) is 9.59 Å². The Balaban J connectivity index is 1.92. The molecule has 5 nitrogen and oxygen atoms in total. The van der Waals surface area contributed by atoms with Gasteiger partial charge in [-0.3, -0.25) is 4.79 Å². The third-order valence-electron chi connectivity index (χ3n) is 3.34. The van der Waals surface area contributed by atoms with Crippen LogP contribution in [0.4, 0.5) is 10.5 Å². The van der Waals surface area contributed by atoms with Crippen LogP contribution in [0.15, 0.2) is 53.0 Å². The van der Waals surface area contributed by atoms with E-state index in [1.165, 1.54) is 0 Å². The Bertz CT molecular complexity index is 684. The highest BCUT2D eigenvalue weighted by Gasteiger charge is 2.10. The van der Waals surface area contributed by atoms with Gasteiger partial charge in [0, 0.05) is 23.8 Å². The van der Waals surface area contributed by atoms with Crippen LogP contribution in [0.3, 0.4) is 0 Å². The summed E-state index contributed by atoms with van der Waals surface area (Å²) in [5, 5.41) is 2.48. The second kappa shape index (κ2) is 7.78. The number of hydrogen-bond acceptors (Lipinski definition) is 2. The molecule has 0 aromatic heterocycles. The van der Waals surface area contributed by atoms with Gasteiger partial charge >= 0.3 is 6.03 Å². The molecule has 3 N–H and O–H groups in total. The molecule has 0 saturated carbocycles. The summed E-state index contributed by atoms with van der Waals surface area (Å²) in [6.45, 7) is 0.563. The molecular formula is C17H18BrN3O2. The molecule has 23 heavy (non-hydrogen) atoms. The lowest BCUT2D eigenvalue weighted by Crippen LogP contribution is -2.27. The maximum Gasteiger partial charge on any atom is 0.316 e. The number of amides is 3. The van der Waals surface area contributed by atoms with E-state index in [0.717, 1.165) is 15.6 Å². The van der Waals surface area contributed by atoms with E-state index in [2.05, 4.69) is 21.2 Å². The fourth-order valence-electron chi connectivity index (χ4n) is 2.11. The van der Waals surface area contributed by atoms with Crippen molar-refractivity contribution in [1.29, 1.82) is 0 Å². The number of nitrogens with two attached hydrogens (primary N) is 1. The Labute approximate surface area is 143 Å². The van der Waals surface area contributed by atoms with Gasteiger partial charge < -0.3 is 16.0 Å². The first-order valence-corrected chi connectivity index (χ1v) is 7.87. The van der Waals surface area contributed by atoms with Gasteiger partial charge in [0.05, 0.1) is 6.42 Å². The molecule has 0 aliphatic rings. The van der Waals surface area contributed by atoms with Crippen LogP contribution in [-0.2, 0) is 17.8 Å². The van der Waals surface area contributed by atoms with Gasteiger partial charge in [0.15, 0.2) is 0 Å². The van der Waals surface area contributed by atoms with Crippen molar-refractivity contribution in [3.8, 4) is 0 Å². The second-order valence-corrected chi connectivity index (χ2v) is 6.15. The van der Waals surface area contributed by atoms with Crippen LogP contribution in [-0.4, -0.2) is 23.9 Å². The van der Waals surface area contributed by atoms with Gasteiger partial charge in [-0.2, -0.15) is 0 Å². The smallest absolute Gasteiger partial charge is 0.316 e. The molecule has 2 rings (SSSR count). The van der Waals surface area contributed by atoms with Crippen molar-refractivity contribution < 1.29 is 9.59 Å². The molecule has 0 unspecified atom stereocenters. The third kappa shape index (κ3) is 5.41. The molecule has 0 saturated heterocycles. The number of nitrogens with zero attached hydrogens (tertiary/aromatic N) is 1. The number of urea groups is 1. The molecule has 0 bridgehead atoms. The molecule has 0 fully saturated rings. The zero-order valence-corrected chi connectivity index (χ0v) is 14.3. The number of halogens is 1. The lowest BCUT2D eigenvalue weighted by Gasteiger charge is -2.17. The van der Waals surface area contributed by atoms with Crippen LogP contribution < -0.4 is 11.1 Å². The lowest BCUT2D eigenvalue weighted by atomic mass is 10.1. The van der Waals surface area contributed by atoms with E-state index in [1.54, 1.807) is 36.2 Å². The molecule has 2 aromatic rings. The quantitative estimate of drug-likeness (QED) is 0.841. The van der Waals surface area contributed by atoms with Crippen molar-refractivity contribution in [3.05, 3.63) is 64.1 Å². The number of hydrogen-bond donors (Lipinski definition) is 2. The van der Waals surface area contributed by atoms with Crippen molar-refractivity contribution in [2.45, 2.75) is 13.0 Å². The van der Waals surface area contributed by atoms with Crippen molar-refractivity contribution >= 4 is 33.6 Å². The number of benzene rings is 2. The Morgan fingerprint density at radius 1 is 1.04 bits per heavy atom. The maximum atomic E-state index is 12.3. The van der Waals surface area contributed by atoms with Crippen LogP contribution >= 0.6 is 15.9 Å². The van der Waals surface area contributed by atoms with E-state index in [1.807, 2.05) is 24.3 Å². The van der Waals surface area contributed by atoms with Gasteiger partial charge in [-0.25, -0.2) is 4.79 Å². The van der Waals surface area contributed by atoms with Gasteiger partial charge in [0.2, 0.25) is 5.91 Å². The normalized spacial score (nSPS) is 10.2. The van der Waals surface area contributed by atoms with Crippen LogP contribution in [0.25, 0.3) is 0 Å². The number of likely N-dealkylation sites (N-methyl/N-ethyl adjacent to an activating group) is 1. The van der Waals surface area contributed by atoms with Crippen LogP contribution in [0.1, 0.15) is 11.1 Å². The zero-order valence-electron chi connectivity index (χ0n) is 12.8. The molecular weight excluding hydrogens is 358 g/mol. The molecule has 0 aliphatic heterocycles. The van der Waals surface area contributed by atoms with Crippen molar-refractivity contribution in [1.82, 2.24) is 4.90 Å². The monoisotopic (exact) mass is 375 g/mol. The minimum absolute atomic E-state index is 0.0310. The molecule has 0 aliphatic carbocycles. The van der Waals surface area contributed by atoms with Crippen LogP contribution in [0, 0.1) is 0 Å². The van der Waals surface area contributed by atoms with Gasteiger partial charge in [0.1, 0.15) is 0 Å². The van der Waals surface area contributed by atoms with Gasteiger partial charge in [-0.05, 0) is 35.4 Å². The Hall–Kier alpha value is -2.34. The minimum Gasteiger partial charge on any atom is -0.351 e. The summed E-state index contributed by atoms with van der Waals surface area (Å²) in [6, 6.07) is 14.3. The largest absolute Gasteiger partial charge is 0.351 e. The first-order valence-electron chi connectivity index (χ1n) is 7.08.